The van der Waals surface area contributed by atoms with Crippen LogP contribution in [0.5, 0.6) is 0 Å². The van der Waals surface area contributed by atoms with E-state index in [2.05, 4.69) is 45.1 Å². The molecule has 1 atom stereocenters. The monoisotopic (exact) mass is 336 g/mol. The van der Waals surface area contributed by atoms with Gasteiger partial charge in [0.05, 0.1) is 0 Å². The predicted octanol–water partition coefficient (Wildman–Crippen LogP) is 5.44. The van der Waals surface area contributed by atoms with Gasteiger partial charge in [-0.05, 0) is 39.0 Å². The number of amides is 1. The van der Waals surface area contributed by atoms with Crippen LogP contribution in [0.3, 0.4) is 0 Å². The molecule has 4 nitrogen and oxygen atoms in total. The van der Waals surface area contributed by atoms with Crippen molar-refractivity contribution in [1.82, 2.24) is 10.5 Å². The van der Waals surface area contributed by atoms with Crippen LogP contribution in [0.1, 0.15) is 102 Å². The maximum Gasteiger partial charge on any atom is 0.274 e. The first-order chi connectivity index (χ1) is 11.2. The summed E-state index contributed by atoms with van der Waals surface area (Å²) in [5.41, 5.74) is 1.05. The molecule has 1 unspecified atom stereocenters. The summed E-state index contributed by atoms with van der Waals surface area (Å²) in [7, 11) is 0. The molecule has 0 spiro atoms. The number of hydrogen-bond acceptors (Lipinski definition) is 3. The Bertz CT molecular complexity index is 534. The maximum absolute atomic E-state index is 12.8. The molecule has 1 heterocycles. The fourth-order valence-corrected chi connectivity index (χ4v) is 3.47. The Kier molecular flexibility index (Phi) is 7.50. The lowest BCUT2D eigenvalue weighted by atomic mass is 9.67. The third-order valence-corrected chi connectivity index (χ3v) is 5.63. The number of rotatable bonds is 10. The summed E-state index contributed by atoms with van der Waals surface area (Å²) in [5.74, 6) is 0.663. The van der Waals surface area contributed by atoms with E-state index in [0.717, 1.165) is 37.0 Å². The molecule has 0 aliphatic rings. The standard InChI is InChI=1S/C20H36N2O2/c1-8-11-12-14-20(7,13-9-2)19(5,6)21-18(23)17-15(4)16(10-3)24-22-17/h8-14H2,1-7H3,(H,21,23). The van der Waals surface area contributed by atoms with Crippen molar-refractivity contribution < 1.29 is 9.32 Å². The molecule has 0 bridgehead atoms. The first-order valence-electron chi connectivity index (χ1n) is 9.50. The molecule has 4 heteroatoms. The number of aromatic nitrogens is 1. The van der Waals surface area contributed by atoms with Gasteiger partial charge in [-0.3, -0.25) is 4.79 Å². The summed E-state index contributed by atoms with van der Waals surface area (Å²) in [6, 6.07) is 0. The lowest BCUT2D eigenvalue weighted by molar-refractivity contribution is 0.0695. The third-order valence-electron chi connectivity index (χ3n) is 5.63. The molecule has 0 saturated heterocycles. The fraction of sp³-hybridized carbons (Fsp3) is 0.800. The van der Waals surface area contributed by atoms with Crippen LogP contribution in [-0.2, 0) is 6.42 Å². The van der Waals surface area contributed by atoms with E-state index in [1.165, 1.54) is 19.3 Å². The molecule has 1 aromatic heterocycles. The first kappa shape index (κ1) is 20.7. The second-order valence-corrected chi connectivity index (χ2v) is 7.78. The van der Waals surface area contributed by atoms with Crippen LogP contribution in [-0.4, -0.2) is 16.6 Å². The Morgan fingerprint density at radius 2 is 1.75 bits per heavy atom. The Morgan fingerprint density at radius 1 is 1.08 bits per heavy atom. The molecule has 0 saturated carbocycles. The summed E-state index contributed by atoms with van der Waals surface area (Å²) in [6.07, 6.45) is 7.75. The van der Waals surface area contributed by atoms with E-state index in [0.29, 0.717) is 5.69 Å². The summed E-state index contributed by atoms with van der Waals surface area (Å²) < 4.78 is 5.28. The minimum Gasteiger partial charge on any atom is -0.360 e. The lowest BCUT2D eigenvalue weighted by Crippen LogP contribution is -2.55. The van der Waals surface area contributed by atoms with E-state index in [-0.39, 0.29) is 16.9 Å². The molecule has 1 amide bonds. The molecular formula is C20H36N2O2. The van der Waals surface area contributed by atoms with Gasteiger partial charge in [0.15, 0.2) is 5.69 Å². The molecular weight excluding hydrogens is 300 g/mol. The highest BCUT2D eigenvalue weighted by atomic mass is 16.5. The molecule has 0 aliphatic heterocycles. The van der Waals surface area contributed by atoms with Gasteiger partial charge >= 0.3 is 0 Å². The van der Waals surface area contributed by atoms with Gasteiger partial charge < -0.3 is 9.84 Å². The minimum absolute atomic E-state index is 0.0673. The normalized spacial score (nSPS) is 14.5. The molecule has 1 aromatic rings. The number of nitrogens with one attached hydrogen (secondary N) is 1. The Morgan fingerprint density at radius 3 is 2.25 bits per heavy atom. The van der Waals surface area contributed by atoms with Gasteiger partial charge in [-0.2, -0.15) is 0 Å². The van der Waals surface area contributed by atoms with Crippen molar-refractivity contribution in [1.29, 1.82) is 0 Å². The van der Waals surface area contributed by atoms with Crippen molar-refractivity contribution >= 4 is 5.91 Å². The van der Waals surface area contributed by atoms with Crippen molar-refractivity contribution in [2.45, 2.75) is 99.0 Å². The quantitative estimate of drug-likeness (QED) is 0.579. The number of aryl methyl sites for hydroxylation is 1. The number of carbonyl (C=O) groups excluding carboxylic acids is 1. The summed E-state index contributed by atoms with van der Waals surface area (Å²) in [5, 5.41) is 7.23. The largest absolute Gasteiger partial charge is 0.360 e. The van der Waals surface area contributed by atoms with Gasteiger partial charge in [-0.25, -0.2) is 0 Å². The van der Waals surface area contributed by atoms with Crippen LogP contribution in [0.15, 0.2) is 4.52 Å². The number of hydrogen-bond donors (Lipinski definition) is 1. The van der Waals surface area contributed by atoms with Crippen LogP contribution in [0.2, 0.25) is 0 Å². The lowest BCUT2D eigenvalue weighted by Gasteiger charge is -2.45. The van der Waals surface area contributed by atoms with E-state index in [9.17, 15) is 4.79 Å². The topological polar surface area (TPSA) is 55.1 Å². The van der Waals surface area contributed by atoms with E-state index >= 15 is 0 Å². The minimum atomic E-state index is -0.300. The van der Waals surface area contributed by atoms with Crippen molar-refractivity contribution in [2.75, 3.05) is 0 Å². The molecule has 24 heavy (non-hydrogen) atoms. The Balaban J connectivity index is 2.93. The zero-order valence-electron chi connectivity index (χ0n) is 16.7. The zero-order chi connectivity index (χ0) is 18.4. The summed E-state index contributed by atoms with van der Waals surface area (Å²) in [4.78, 5) is 12.8. The predicted molar refractivity (Wildman–Crippen MR) is 99.3 cm³/mol. The number of carbonyl (C=O) groups is 1. The van der Waals surface area contributed by atoms with Gasteiger partial charge in [-0.15, -0.1) is 0 Å². The highest BCUT2D eigenvalue weighted by Crippen LogP contribution is 2.41. The van der Waals surface area contributed by atoms with Crippen LogP contribution in [0, 0.1) is 12.3 Å². The zero-order valence-corrected chi connectivity index (χ0v) is 16.7. The van der Waals surface area contributed by atoms with Crippen LogP contribution in [0.4, 0.5) is 0 Å². The second kappa shape index (κ2) is 8.68. The average Bonchev–Trinajstić information content (AvgIpc) is 2.88. The average molecular weight is 337 g/mol. The van der Waals surface area contributed by atoms with E-state index in [1.54, 1.807) is 0 Å². The highest BCUT2D eigenvalue weighted by molar-refractivity contribution is 5.94. The molecule has 0 aromatic carbocycles. The molecule has 138 valence electrons. The van der Waals surface area contributed by atoms with Crippen molar-refractivity contribution in [3.8, 4) is 0 Å². The molecule has 0 fully saturated rings. The summed E-state index contributed by atoms with van der Waals surface area (Å²) in [6.45, 7) is 14.9. The van der Waals surface area contributed by atoms with Gasteiger partial charge in [0.2, 0.25) is 0 Å². The van der Waals surface area contributed by atoms with Gasteiger partial charge in [0, 0.05) is 17.5 Å². The van der Waals surface area contributed by atoms with Crippen molar-refractivity contribution in [2.24, 2.45) is 5.41 Å². The van der Waals surface area contributed by atoms with Gasteiger partial charge in [0.25, 0.3) is 5.91 Å². The Labute approximate surface area is 147 Å². The van der Waals surface area contributed by atoms with Crippen LogP contribution >= 0.6 is 0 Å². The SMILES string of the molecule is CCCCCC(C)(CCC)C(C)(C)NC(=O)c1noc(CC)c1C. The number of unbranched alkanes of at least 4 members (excludes halogenated alkanes) is 2. The maximum atomic E-state index is 12.8. The second-order valence-electron chi connectivity index (χ2n) is 7.78. The molecule has 1 N–H and O–H groups in total. The molecule has 0 radical (unpaired) electrons. The molecule has 1 rings (SSSR count). The highest BCUT2D eigenvalue weighted by Gasteiger charge is 2.41. The van der Waals surface area contributed by atoms with E-state index < -0.39 is 0 Å². The van der Waals surface area contributed by atoms with Gasteiger partial charge in [0.1, 0.15) is 5.76 Å². The van der Waals surface area contributed by atoms with E-state index in [1.807, 2.05) is 13.8 Å². The fourth-order valence-electron chi connectivity index (χ4n) is 3.47. The number of nitrogens with zero attached hydrogens (tertiary/aromatic N) is 1. The van der Waals surface area contributed by atoms with E-state index in [4.69, 9.17) is 4.52 Å². The molecule has 0 aliphatic carbocycles. The Hall–Kier alpha value is -1.32. The van der Waals surface area contributed by atoms with Gasteiger partial charge in [-0.1, -0.05) is 58.5 Å². The van der Waals surface area contributed by atoms with Crippen LogP contribution < -0.4 is 5.32 Å². The third kappa shape index (κ3) is 4.61. The smallest absolute Gasteiger partial charge is 0.274 e. The summed E-state index contributed by atoms with van der Waals surface area (Å²) >= 11 is 0. The van der Waals surface area contributed by atoms with Crippen molar-refractivity contribution in [3.63, 3.8) is 0 Å². The first-order valence-corrected chi connectivity index (χ1v) is 9.50. The van der Waals surface area contributed by atoms with Crippen LogP contribution in [0.25, 0.3) is 0 Å². The van der Waals surface area contributed by atoms with Crippen molar-refractivity contribution in [3.05, 3.63) is 17.0 Å².